The summed E-state index contributed by atoms with van der Waals surface area (Å²) in [7, 11) is 1.56. The molecule has 0 spiro atoms. The van der Waals surface area contributed by atoms with Crippen LogP contribution in [-0.2, 0) is 18.9 Å². The first-order valence-electron chi connectivity index (χ1n) is 6.33. The van der Waals surface area contributed by atoms with Gasteiger partial charge in [-0.3, -0.25) is 0 Å². The van der Waals surface area contributed by atoms with Gasteiger partial charge in [-0.2, -0.15) is 0 Å². The third kappa shape index (κ3) is 46.8. The molecule has 0 amide bonds. The fourth-order valence-corrected chi connectivity index (χ4v) is 0.655. The summed E-state index contributed by atoms with van der Waals surface area (Å²) in [5, 5.41) is 16.5. The molecule has 0 aromatic carbocycles. The lowest BCUT2D eigenvalue weighted by molar-refractivity contribution is 0.0222. The van der Waals surface area contributed by atoms with Crippen LogP contribution in [0.5, 0.6) is 0 Å². The minimum absolute atomic E-state index is 0.0417. The second kappa shape index (κ2) is 30.4. The van der Waals surface area contributed by atoms with Crippen molar-refractivity contribution in [1.29, 1.82) is 0 Å². The Morgan fingerprint density at radius 1 is 0.842 bits per heavy atom. The predicted octanol–water partition coefficient (Wildman–Crippen LogP) is 0.823. The van der Waals surface area contributed by atoms with Crippen molar-refractivity contribution in [3.05, 3.63) is 12.8 Å². The number of aliphatic hydroxyl groups is 2. The molecule has 0 unspecified atom stereocenters. The molecular formula is C13H30O6. The van der Waals surface area contributed by atoms with Gasteiger partial charge in [-0.15, -0.1) is 0 Å². The maximum absolute atomic E-state index is 8.26. The fourth-order valence-electron chi connectivity index (χ4n) is 0.655. The normalized spacial score (nSPS) is 8.68. The van der Waals surface area contributed by atoms with E-state index in [1.165, 1.54) is 6.26 Å². The van der Waals surface area contributed by atoms with Crippen LogP contribution in [0.1, 0.15) is 13.8 Å². The number of hydrogen-bond acceptors (Lipinski definition) is 6. The van der Waals surface area contributed by atoms with Gasteiger partial charge >= 0.3 is 0 Å². The lowest BCUT2D eigenvalue weighted by Gasteiger charge is -2.01. The van der Waals surface area contributed by atoms with Crippen LogP contribution < -0.4 is 0 Å². The summed E-state index contributed by atoms with van der Waals surface area (Å²) < 4.78 is 18.9. The summed E-state index contributed by atoms with van der Waals surface area (Å²) in [4.78, 5) is 0. The predicted molar refractivity (Wildman–Crippen MR) is 75.2 cm³/mol. The van der Waals surface area contributed by atoms with Gasteiger partial charge in [0.1, 0.15) is 0 Å². The smallest absolute Gasteiger partial charge is 0.0766 e. The number of aliphatic hydroxyl groups excluding tert-OH is 2. The van der Waals surface area contributed by atoms with Crippen molar-refractivity contribution in [2.75, 3.05) is 60.0 Å². The van der Waals surface area contributed by atoms with E-state index in [1.807, 2.05) is 13.8 Å². The van der Waals surface area contributed by atoms with E-state index in [1.54, 1.807) is 7.11 Å². The van der Waals surface area contributed by atoms with Crippen LogP contribution >= 0.6 is 0 Å². The first-order chi connectivity index (χ1) is 9.24. The molecule has 0 bridgehead atoms. The third-order valence-electron chi connectivity index (χ3n) is 1.42. The molecule has 0 saturated heterocycles. The van der Waals surface area contributed by atoms with E-state index in [0.29, 0.717) is 26.4 Å². The van der Waals surface area contributed by atoms with Crippen molar-refractivity contribution in [2.24, 2.45) is 0 Å². The average molecular weight is 282 g/mol. The van der Waals surface area contributed by atoms with E-state index in [2.05, 4.69) is 11.3 Å². The topological polar surface area (TPSA) is 77.4 Å². The SMILES string of the molecule is C=COC.CCOCC.OCCOCCOCCO. The Hall–Kier alpha value is -0.660. The number of methoxy groups -OCH3 is 1. The molecule has 0 heterocycles. The Balaban J connectivity index is -0.000000238. The lowest BCUT2D eigenvalue weighted by Crippen LogP contribution is -2.09. The van der Waals surface area contributed by atoms with Gasteiger partial charge < -0.3 is 29.2 Å². The highest BCUT2D eigenvalue weighted by atomic mass is 16.5. The molecule has 0 aliphatic heterocycles. The highest BCUT2D eigenvalue weighted by molar-refractivity contribution is 4.43. The molecule has 0 atom stereocenters. The van der Waals surface area contributed by atoms with Crippen LogP contribution in [-0.4, -0.2) is 70.2 Å². The van der Waals surface area contributed by atoms with Gasteiger partial charge in [0.25, 0.3) is 0 Å². The van der Waals surface area contributed by atoms with Crippen molar-refractivity contribution in [2.45, 2.75) is 13.8 Å². The molecule has 2 N–H and O–H groups in total. The van der Waals surface area contributed by atoms with Crippen LogP contribution in [0.25, 0.3) is 0 Å². The number of ether oxygens (including phenoxy) is 4. The third-order valence-corrected chi connectivity index (χ3v) is 1.42. The molecule has 19 heavy (non-hydrogen) atoms. The molecule has 118 valence electrons. The number of hydrogen-bond donors (Lipinski definition) is 2. The summed E-state index contributed by atoms with van der Waals surface area (Å²) in [6, 6.07) is 0. The molecule has 6 heteroatoms. The fraction of sp³-hybridized carbons (Fsp3) is 0.846. The zero-order valence-corrected chi connectivity index (χ0v) is 12.5. The molecule has 6 nitrogen and oxygen atoms in total. The highest BCUT2D eigenvalue weighted by Gasteiger charge is 1.86. The molecule has 0 radical (unpaired) electrons. The zero-order chi connectivity index (χ0) is 15.2. The number of rotatable bonds is 10. The lowest BCUT2D eigenvalue weighted by atomic mass is 10.7. The zero-order valence-electron chi connectivity index (χ0n) is 12.5. The van der Waals surface area contributed by atoms with Crippen LogP contribution in [0, 0.1) is 0 Å². The van der Waals surface area contributed by atoms with Gasteiger partial charge in [-0.25, -0.2) is 0 Å². The Labute approximate surface area is 116 Å². The van der Waals surface area contributed by atoms with E-state index in [4.69, 9.17) is 24.4 Å². The van der Waals surface area contributed by atoms with Crippen molar-refractivity contribution >= 4 is 0 Å². The first kappa shape index (κ1) is 23.4. The monoisotopic (exact) mass is 282 g/mol. The van der Waals surface area contributed by atoms with Gasteiger partial charge in [-0.1, -0.05) is 6.58 Å². The highest BCUT2D eigenvalue weighted by Crippen LogP contribution is 1.76. The average Bonchev–Trinajstić information content (AvgIpc) is 2.45. The minimum Gasteiger partial charge on any atom is -0.505 e. The van der Waals surface area contributed by atoms with Gasteiger partial charge in [0, 0.05) is 13.2 Å². The Bertz CT molecular complexity index is 122. The van der Waals surface area contributed by atoms with Gasteiger partial charge in [0.05, 0.1) is 53.0 Å². The van der Waals surface area contributed by atoms with Crippen LogP contribution in [0.3, 0.4) is 0 Å². The standard InChI is InChI=1S/C6H14O4.C4H10O.C3H6O/c7-1-3-9-5-6-10-4-2-8;1-3-5-4-2;1-3-4-2/h7-8H,1-6H2;3-4H2,1-2H3;3H,1H2,2H3. The van der Waals surface area contributed by atoms with E-state index < -0.39 is 0 Å². The molecule has 0 aliphatic carbocycles. The van der Waals surface area contributed by atoms with E-state index in [-0.39, 0.29) is 13.2 Å². The Morgan fingerprint density at radius 2 is 1.21 bits per heavy atom. The van der Waals surface area contributed by atoms with Crippen molar-refractivity contribution < 1.29 is 29.2 Å². The second-order valence-corrected chi connectivity index (χ2v) is 2.86. The van der Waals surface area contributed by atoms with Crippen molar-refractivity contribution in [1.82, 2.24) is 0 Å². The Kier molecular flexibility index (Phi) is 37.5. The van der Waals surface area contributed by atoms with Gasteiger partial charge in [0.15, 0.2) is 0 Å². The Morgan fingerprint density at radius 3 is 1.37 bits per heavy atom. The maximum Gasteiger partial charge on any atom is 0.0766 e. The largest absolute Gasteiger partial charge is 0.505 e. The van der Waals surface area contributed by atoms with E-state index in [9.17, 15) is 0 Å². The molecule has 0 rings (SSSR count). The van der Waals surface area contributed by atoms with Crippen molar-refractivity contribution in [3.63, 3.8) is 0 Å². The van der Waals surface area contributed by atoms with Crippen LogP contribution in [0.2, 0.25) is 0 Å². The van der Waals surface area contributed by atoms with E-state index >= 15 is 0 Å². The summed E-state index contributed by atoms with van der Waals surface area (Å²) in [6.45, 7) is 10.7. The van der Waals surface area contributed by atoms with E-state index in [0.717, 1.165) is 13.2 Å². The molecular weight excluding hydrogens is 252 g/mol. The second-order valence-electron chi connectivity index (χ2n) is 2.86. The minimum atomic E-state index is 0.0417. The summed E-state index contributed by atoms with van der Waals surface area (Å²) in [5.74, 6) is 0. The molecule has 0 aromatic rings. The van der Waals surface area contributed by atoms with Gasteiger partial charge in [-0.05, 0) is 13.8 Å². The molecule has 0 aromatic heterocycles. The van der Waals surface area contributed by atoms with Crippen LogP contribution in [0.4, 0.5) is 0 Å². The molecule has 0 aliphatic rings. The van der Waals surface area contributed by atoms with Crippen molar-refractivity contribution in [3.8, 4) is 0 Å². The van der Waals surface area contributed by atoms with Crippen LogP contribution in [0.15, 0.2) is 12.8 Å². The quantitative estimate of drug-likeness (QED) is 0.456. The summed E-state index contributed by atoms with van der Waals surface area (Å²) >= 11 is 0. The molecule has 0 fully saturated rings. The maximum atomic E-state index is 8.26. The summed E-state index contributed by atoms with van der Waals surface area (Å²) in [5.41, 5.74) is 0. The first-order valence-corrected chi connectivity index (χ1v) is 6.33. The van der Waals surface area contributed by atoms with Gasteiger partial charge in [0.2, 0.25) is 0 Å². The summed E-state index contributed by atoms with van der Waals surface area (Å²) in [6.07, 6.45) is 1.38. The molecule has 0 saturated carbocycles.